The van der Waals surface area contributed by atoms with Crippen LogP contribution in [-0.2, 0) is 16.1 Å². The van der Waals surface area contributed by atoms with Gasteiger partial charge in [0.15, 0.2) is 0 Å². The number of rotatable bonds is 4. The summed E-state index contributed by atoms with van der Waals surface area (Å²) in [5, 5.41) is 7.03. The molecule has 2 heterocycles. The third-order valence-electron chi connectivity index (χ3n) is 3.79. The van der Waals surface area contributed by atoms with Crippen molar-refractivity contribution in [3.8, 4) is 0 Å². The molecule has 1 aliphatic rings. The molecule has 0 aliphatic carbocycles. The number of benzene rings is 1. The molecule has 0 bridgehead atoms. The summed E-state index contributed by atoms with van der Waals surface area (Å²) in [5.41, 5.74) is 1.50. The van der Waals surface area contributed by atoms with E-state index < -0.39 is 0 Å². The Bertz CT molecular complexity index is 680. The lowest BCUT2D eigenvalue weighted by Crippen LogP contribution is -2.27. The lowest BCUT2D eigenvalue weighted by Gasteiger charge is -2.14. The van der Waals surface area contributed by atoms with Crippen molar-refractivity contribution in [3.05, 3.63) is 42.7 Å². The summed E-state index contributed by atoms with van der Waals surface area (Å²) in [5.74, 6) is -0.494. The van der Waals surface area contributed by atoms with Gasteiger partial charge < -0.3 is 10.2 Å². The predicted molar refractivity (Wildman–Crippen MR) is 83.4 cm³/mol. The third kappa shape index (κ3) is 2.86. The second-order valence-electron chi connectivity index (χ2n) is 5.31. The number of aromatic nitrogens is 2. The molecule has 1 aliphatic heterocycles. The largest absolute Gasteiger partial charge is 0.326 e. The van der Waals surface area contributed by atoms with Crippen molar-refractivity contribution >= 4 is 23.2 Å². The van der Waals surface area contributed by atoms with E-state index in [1.807, 2.05) is 43.5 Å². The van der Waals surface area contributed by atoms with Crippen LogP contribution in [0, 0.1) is 5.92 Å². The molecule has 114 valence electrons. The number of amides is 2. The predicted octanol–water partition coefficient (Wildman–Crippen LogP) is 1.89. The first-order chi connectivity index (χ1) is 10.7. The molecule has 1 aromatic heterocycles. The monoisotopic (exact) mass is 298 g/mol. The van der Waals surface area contributed by atoms with Crippen molar-refractivity contribution in [3.63, 3.8) is 0 Å². The molecule has 1 unspecified atom stereocenters. The molecule has 2 aromatic rings. The first kappa shape index (κ1) is 14.3. The average Bonchev–Trinajstić information content (AvgIpc) is 3.14. The fourth-order valence-corrected chi connectivity index (χ4v) is 2.56. The summed E-state index contributed by atoms with van der Waals surface area (Å²) >= 11 is 0. The van der Waals surface area contributed by atoms with E-state index in [9.17, 15) is 9.59 Å². The highest BCUT2D eigenvalue weighted by molar-refractivity contribution is 6.03. The van der Waals surface area contributed by atoms with E-state index >= 15 is 0 Å². The minimum absolute atomic E-state index is 0.0381. The summed E-state index contributed by atoms with van der Waals surface area (Å²) in [4.78, 5) is 26.1. The van der Waals surface area contributed by atoms with Crippen LogP contribution in [0.2, 0.25) is 0 Å². The fourth-order valence-electron chi connectivity index (χ4n) is 2.56. The first-order valence-corrected chi connectivity index (χ1v) is 7.36. The number of nitrogens with zero attached hydrogens (tertiary/aromatic N) is 3. The maximum Gasteiger partial charge on any atom is 0.229 e. The smallest absolute Gasteiger partial charge is 0.229 e. The molecule has 1 aromatic carbocycles. The van der Waals surface area contributed by atoms with E-state index in [1.54, 1.807) is 15.8 Å². The zero-order chi connectivity index (χ0) is 15.5. The Morgan fingerprint density at radius 1 is 1.36 bits per heavy atom. The van der Waals surface area contributed by atoms with Crippen molar-refractivity contribution in [2.24, 2.45) is 5.92 Å². The molecule has 3 rings (SSSR count). The molecular formula is C16H18N4O2. The van der Waals surface area contributed by atoms with Gasteiger partial charge in [-0.15, -0.1) is 0 Å². The van der Waals surface area contributed by atoms with Gasteiger partial charge in [0.1, 0.15) is 0 Å². The normalized spacial score (nSPS) is 17.8. The quantitative estimate of drug-likeness (QED) is 0.937. The maximum absolute atomic E-state index is 12.3. The summed E-state index contributed by atoms with van der Waals surface area (Å²) in [7, 11) is 0. The molecule has 0 radical (unpaired) electrons. The van der Waals surface area contributed by atoms with E-state index in [4.69, 9.17) is 0 Å². The minimum atomic E-state index is -0.335. The van der Waals surface area contributed by atoms with Gasteiger partial charge in [-0.25, -0.2) is 0 Å². The topological polar surface area (TPSA) is 67.2 Å². The molecule has 0 saturated carbocycles. The van der Waals surface area contributed by atoms with Gasteiger partial charge in [0.2, 0.25) is 11.8 Å². The average molecular weight is 298 g/mol. The number of anilines is 2. The van der Waals surface area contributed by atoms with Crippen LogP contribution in [0.25, 0.3) is 0 Å². The number of carbonyl (C=O) groups excluding carboxylic acids is 2. The lowest BCUT2D eigenvalue weighted by molar-refractivity contribution is -0.122. The second-order valence-corrected chi connectivity index (χ2v) is 5.31. The second kappa shape index (κ2) is 6.01. The van der Waals surface area contributed by atoms with E-state index in [0.29, 0.717) is 6.54 Å². The zero-order valence-electron chi connectivity index (χ0n) is 12.4. The van der Waals surface area contributed by atoms with Crippen LogP contribution in [0.1, 0.15) is 13.3 Å². The molecule has 1 atom stereocenters. The van der Waals surface area contributed by atoms with E-state index in [0.717, 1.165) is 17.9 Å². The summed E-state index contributed by atoms with van der Waals surface area (Å²) in [6.07, 6.45) is 3.73. The molecule has 22 heavy (non-hydrogen) atoms. The van der Waals surface area contributed by atoms with Gasteiger partial charge in [-0.2, -0.15) is 5.10 Å². The van der Waals surface area contributed by atoms with Crippen LogP contribution in [0.4, 0.5) is 11.4 Å². The van der Waals surface area contributed by atoms with Crippen molar-refractivity contribution in [2.75, 3.05) is 16.8 Å². The Morgan fingerprint density at radius 2 is 2.14 bits per heavy atom. The number of hydrogen-bond donors (Lipinski definition) is 1. The van der Waals surface area contributed by atoms with Crippen LogP contribution in [0.3, 0.4) is 0 Å². The van der Waals surface area contributed by atoms with Crippen molar-refractivity contribution < 1.29 is 9.59 Å². The number of aryl methyl sites for hydroxylation is 1. The first-order valence-electron chi connectivity index (χ1n) is 7.36. The Labute approximate surface area is 128 Å². The molecule has 1 saturated heterocycles. The molecule has 6 nitrogen and oxygen atoms in total. The van der Waals surface area contributed by atoms with Gasteiger partial charge in [0.05, 0.1) is 17.8 Å². The molecule has 1 fully saturated rings. The van der Waals surface area contributed by atoms with E-state index in [-0.39, 0.29) is 24.2 Å². The van der Waals surface area contributed by atoms with Crippen LogP contribution < -0.4 is 10.2 Å². The van der Waals surface area contributed by atoms with Gasteiger partial charge in [0, 0.05) is 31.4 Å². The standard InChI is InChI=1S/C16H18N4O2/c1-2-19-11-14(9-17-19)20-10-12(8-15(20)21)16(22)18-13-6-4-3-5-7-13/h3-7,9,11-12H,2,8,10H2,1H3,(H,18,22). The van der Waals surface area contributed by atoms with Gasteiger partial charge >= 0.3 is 0 Å². The summed E-state index contributed by atoms with van der Waals surface area (Å²) < 4.78 is 1.76. The van der Waals surface area contributed by atoms with Crippen molar-refractivity contribution in [2.45, 2.75) is 19.9 Å². The number of carbonyl (C=O) groups is 2. The molecule has 6 heteroatoms. The third-order valence-corrected chi connectivity index (χ3v) is 3.79. The van der Waals surface area contributed by atoms with Gasteiger partial charge in [-0.3, -0.25) is 14.3 Å². The van der Waals surface area contributed by atoms with Crippen LogP contribution >= 0.6 is 0 Å². The Hall–Kier alpha value is -2.63. The van der Waals surface area contributed by atoms with Gasteiger partial charge in [-0.05, 0) is 19.1 Å². The van der Waals surface area contributed by atoms with Crippen molar-refractivity contribution in [1.29, 1.82) is 0 Å². The summed E-state index contributed by atoms with van der Waals surface area (Å²) in [6.45, 7) is 3.13. The zero-order valence-corrected chi connectivity index (χ0v) is 12.4. The van der Waals surface area contributed by atoms with Crippen LogP contribution in [0.15, 0.2) is 42.7 Å². The summed E-state index contributed by atoms with van der Waals surface area (Å²) in [6, 6.07) is 9.28. The number of hydrogen-bond acceptors (Lipinski definition) is 3. The number of nitrogens with one attached hydrogen (secondary N) is 1. The van der Waals surface area contributed by atoms with Crippen LogP contribution in [-0.4, -0.2) is 28.1 Å². The van der Waals surface area contributed by atoms with Crippen molar-refractivity contribution in [1.82, 2.24) is 9.78 Å². The van der Waals surface area contributed by atoms with Gasteiger partial charge in [0.25, 0.3) is 0 Å². The minimum Gasteiger partial charge on any atom is -0.326 e. The van der Waals surface area contributed by atoms with E-state index in [1.165, 1.54) is 0 Å². The maximum atomic E-state index is 12.3. The Kier molecular flexibility index (Phi) is 3.91. The molecular weight excluding hydrogens is 280 g/mol. The highest BCUT2D eigenvalue weighted by Gasteiger charge is 2.35. The Balaban J connectivity index is 1.67. The van der Waals surface area contributed by atoms with Gasteiger partial charge in [-0.1, -0.05) is 18.2 Å². The highest BCUT2D eigenvalue weighted by Crippen LogP contribution is 2.25. The number of para-hydroxylation sites is 1. The molecule has 1 N–H and O–H groups in total. The molecule has 2 amide bonds. The Morgan fingerprint density at radius 3 is 2.82 bits per heavy atom. The van der Waals surface area contributed by atoms with Crippen LogP contribution in [0.5, 0.6) is 0 Å². The highest BCUT2D eigenvalue weighted by atomic mass is 16.2. The van der Waals surface area contributed by atoms with E-state index in [2.05, 4.69) is 10.4 Å². The molecule has 0 spiro atoms. The SMILES string of the molecule is CCn1cc(N2CC(C(=O)Nc3ccccc3)CC2=O)cn1. The lowest BCUT2D eigenvalue weighted by atomic mass is 10.1. The fraction of sp³-hybridized carbons (Fsp3) is 0.312.